The van der Waals surface area contributed by atoms with Crippen LogP contribution in [0.25, 0.3) is 0 Å². The molecule has 9 heteroatoms. The van der Waals surface area contributed by atoms with Gasteiger partial charge in [-0.05, 0) is 37.3 Å². The monoisotopic (exact) mass is 364 g/mol. The van der Waals surface area contributed by atoms with Gasteiger partial charge in [-0.2, -0.15) is 0 Å². The lowest BCUT2D eigenvalue weighted by atomic mass is 10.2. The lowest BCUT2D eigenvalue weighted by molar-refractivity contribution is -0.385. The van der Waals surface area contributed by atoms with Crippen LogP contribution in [0.2, 0.25) is 0 Å². The fourth-order valence-corrected chi connectivity index (χ4v) is 3.77. The second kappa shape index (κ2) is 7.31. The Kier molecular flexibility index (Phi) is 5.38. The molecule has 0 unspecified atom stereocenters. The number of ether oxygens (including phenoxy) is 1. The molecule has 132 valence electrons. The molecule has 0 radical (unpaired) electrons. The third kappa shape index (κ3) is 3.77. The lowest BCUT2D eigenvalue weighted by Gasteiger charge is -2.23. The number of sulfonamides is 1. The molecule has 0 saturated carbocycles. The van der Waals surface area contributed by atoms with Crippen LogP contribution < -0.4 is 4.31 Å². The Morgan fingerprint density at radius 1 is 1.20 bits per heavy atom. The topological polar surface area (TPSA) is 107 Å². The highest BCUT2D eigenvalue weighted by Gasteiger charge is 2.25. The fraction of sp³-hybridized carbons (Fsp3) is 0.188. The number of methoxy groups -OCH3 is 1. The van der Waals surface area contributed by atoms with Gasteiger partial charge < -0.3 is 4.74 Å². The minimum Gasteiger partial charge on any atom is -0.465 e. The first-order valence-corrected chi connectivity index (χ1v) is 8.71. The van der Waals surface area contributed by atoms with E-state index in [-0.39, 0.29) is 22.7 Å². The highest BCUT2D eigenvalue weighted by Crippen LogP contribution is 2.26. The van der Waals surface area contributed by atoms with E-state index in [1.165, 1.54) is 49.6 Å². The van der Waals surface area contributed by atoms with Crippen molar-refractivity contribution in [3.05, 3.63) is 64.2 Å². The average molecular weight is 364 g/mol. The molecule has 0 bridgehead atoms. The van der Waals surface area contributed by atoms with E-state index in [1.54, 1.807) is 6.92 Å². The molecule has 2 aromatic carbocycles. The number of nitro groups is 1. The van der Waals surface area contributed by atoms with Gasteiger partial charge in [0, 0.05) is 18.7 Å². The average Bonchev–Trinajstić information content (AvgIpc) is 2.62. The summed E-state index contributed by atoms with van der Waals surface area (Å²) < 4.78 is 31.4. The number of esters is 1. The number of benzene rings is 2. The van der Waals surface area contributed by atoms with E-state index in [9.17, 15) is 23.3 Å². The third-order valence-electron chi connectivity index (χ3n) is 3.48. The van der Waals surface area contributed by atoms with Gasteiger partial charge in [-0.1, -0.05) is 6.07 Å². The minimum atomic E-state index is -3.99. The van der Waals surface area contributed by atoms with Crippen molar-refractivity contribution < 1.29 is 22.9 Å². The van der Waals surface area contributed by atoms with Gasteiger partial charge in [0.25, 0.3) is 15.7 Å². The van der Waals surface area contributed by atoms with Crippen LogP contribution in [0.5, 0.6) is 0 Å². The molecule has 0 aliphatic carbocycles. The number of carbonyl (C=O) groups is 1. The fourth-order valence-electron chi connectivity index (χ4n) is 2.26. The molecule has 0 amide bonds. The molecule has 2 rings (SSSR count). The molecular formula is C16H16N2O6S. The summed E-state index contributed by atoms with van der Waals surface area (Å²) in [5, 5.41) is 10.9. The lowest BCUT2D eigenvalue weighted by Crippen LogP contribution is -2.30. The maximum atomic E-state index is 12.8. The summed E-state index contributed by atoms with van der Waals surface area (Å²) in [6, 6.07) is 10.7. The zero-order chi connectivity index (χ0) is 18.6. The SMILES string of the molecule is CCN(c1ccc(C(=O)OC)cc1)S(=O)(=O)c1cccc([N+](=O)[O-])c1. The molecule has 25 heavy (non-hydrogen) atoms. The number of nitro benzene ring substituents is 1. The normalized spacial score (nSPS) is 11.0. The Morgan fingerprint density at radius 2 is 1.84 bits per heavy atom. The van der Waals surface area contributed by atoms with Crippen LogP contribution in [0.3, 0.4) is 0 Å². The minimum absolute atomic E-state index is 0.114. The summed E-state index contributed by atoms with van der Waals surface area (Å²) in [5.41, 5.74) is 0.315. The molecular weight excluding hydrogens is 348 g/mol. The molecule has 0 fully saturated rings. The standard InChI is InChI=1S/C16H16N2O6S/c1-3-17(13-9-7-12(8-10-13)16(19)24-2)25(22,23)15-6-4-5-14(11-15)18(20)21/h4-11H,3H2,1-2H3. The number of hydrogen-bond acceptors (Lipinski definition) is 6. The van der Waals surface area contributed by atoms with Crippen molar-refractivity contribution in [2.45, 2.75) is 11.8 Å². The first-order chi connectivity index (χ1) is 11.8. The van der Waals surface area contributed by atoms with Crippen LogP contribution in [-0.4, -0.2) is 33.0 Å². The van der Waals surface area contributed by atoms with Gasteiger partial charge in [0.05, 0.1) is 28.2 Å². The van der Waals surface area contributed by atoms with E-state index in [0.29, 0.717) is 5.69 Å². The highest BCUT2D eigenvalue weighted by atomic mass is 32.2. The van der Waals surface area contributed by atoms with Crippen molar-refractivity contribution in [1.29, 1.82) is 0 Å². The predicted molar refractivity (Wildman–Crippen MR) is 91.1 cm³/mol. The van der Waals surface area contributed by atoms with E-state index >= 15 is 0 Å². The van der Waals surface area contributed by atoms with Crippen LogP contribution in [0, 0.1) is 10.1 Å². The van der Waals surface area contributed by atoms with Crippen molar-refractivity contribution in [2.24, 2.45) is 0 Å². The van der Waals surface area contributed by atoms with Crippen molar-refractivity contribution in [2.75, 3.05) is 18.0 Å². The van der Waals surface area contributed by atoms with Crippen LogP contribution in [-0.2, 0) is 14.8 Å². The Bertz CT molecular complexity index is 893. The van der Waals surface area contributed by atoms with E-state index < -0.39 is 20.9 Å². The molecule has 0 aliphatic heterocycles. The molecule has 0 aliphatic rings. The zero-order valence-corrected chi connectivity index (χ0v) is 14.4. The number of rotatable bonds is 6. The van der Waals surface area contributed by atoms with Gasteiger partial charge in [0.15, 0.2) is 0 Å². The largest absolute Gasteiger partial charge is 0.465 e. The highest BCUT2D eigenvalue weighted by molar-refractivity contribution is 7.92. The molecule has 0 N–H and O–H groups in total. The zero-order valence-electron chi connectivity index (χ0n) is 13.6. The van der Waals surface area contributed by atoms with Gasteiger partial charge in [-0.25, -0.2) is 13.2 Å². The van der Waals surface area contributed by atoms with E-state index in [1.807, 2.05) is 0 Å². The summed E-state index contributed by atoms with van der Waals surface area (Å²) >= 11 is 0. The summed E-state index contributed by atoms with van der Waals surface area (Å²) in [6.07, 6.45) is 0. The van der Waals surface area contributed by atoms with Crippen molar-refractivity contribution >= 4 is 27.4 Å². The van der Waals surface area contributed by atoms with Crippen molar-refractivity contribution in [3.63, 3.8) is 0 Å². The van der Waals surface area contributed by atoms with Crippen LogP contribution >= 0.6 is 0 Å². The van der Waals surface area contributed by atoms with Gasteiger partial charge in [-0.3, -0.25) is 14.4 Å². The number of nitrogens with zero attached hydrogens (tertiary/aromatic N) is 2. The summed E-state index contributed by atoms with van der Waals surface area (Å²) in [7, 11) is -2.73. The van der Waals surface area contributed by atoms with Crippen molar-refractivity contribution in [3.8, 4) is 0 Å². The Morgan fingerprint density at radius 3 is 2.36 bits per heavy atom. The van der Waals surface area contributed by atoms with Gasteiger partial charge in [0.2, 0.25) is 0 Å². The second-order valence-electron chi connectivity index (χ2n) is 4.96. The molecule has 0 heterocycles. The summed E-state index contributed by atoms with van der Waals surface area (Å²) in [6.45, 7) is 1.76. The van der Waals surface area contributed by atoms with Gasteiger partial charge >= 0.3 is 5.97 Å². The molecule has 2 aromatic rings. The maximum Gasteiger partial charge on any atom is 0.337 e. The number of hydrogen-bond donors (Lipinski definition) is 0. The number of non-ortho nitro benzene ring substituents is 1. The molecule has 0 saturated heterocycles. The second-order valence-corrected chi connectivity index (χ2v) is 6.83. The Hall–Kier alpha value is -2.94. The number of carbonyl (C=O) groups excluding carboxylic acids is 1. The molecule has 0 aromatic heterocycles. The Balaban J connectivity index is 2.43. The van der Waals surface area contributed by atoms with Crippen LogP contribution in [0.15, 0.2) is 53.4 Å². The Labute approximate surface area is 144 Å². The number of anilines is 1. The smallest absolute Gasteiger partial charge is 0.337 e. The first kappa shape index (κ1) is 18.4. The summed E-state index contributed by atoms with van der Waals surface area (Å²) in [4.78, 5) is 21.5. The molecule has 8 nitrogen and oxygen atoms in total. The molecule has 0 atom stereocenters. The molecule has 0 spiro atoms. The van der Waals surface area contributed by atoms with E-state index in [0.717, 1.165) is 10.4 Å². The van der Waals surface area contributed by atoms with E-state index in [2.05, 4.69) is 4.74 Å². The van der Waals surface area contributed by atoms with Crippen molar-refractivity contribution in [1.82, 2.24) is 0 Å². The predicted octanol–water partition coefficient (Wildman–Crippen LogP) is 2.60. The van der Waals surface area contributed by atoms with Crippen LogP contribution in [0.4, 0.5) is 11.4 Å². The van der Waals surface area contributed by atoms with E-state index in [4.69, 9.17) is 0 Å². The van der Waals surface area contributed by atoms with Gasteiger partial charge in [0.1, 0.15) is 0 Å². The maximum absolute atomic E-state index is 12.8. The van der Waals surface area contributed by atoms with Crippen LogP contribution in [0.1, 0.15) is 17.3 Å². The first-order valence-electron chi connectivity index (χ1n) is 7.26. The van der Waals surface area contributed by atoms with Gasteiger partial charge in [-0.15, -0.1) is 0 Å². The third-order valence-corrected chi connectivity index (χ3v) is 5.38. The quantitative estimate of drug-likeness (QED) is 0.443. The summed E-state index contributed by atoms with van der Waals surface area (Å²) in [5.74, 6) is -0.531.